The first-order valence-corrected chi connectivity index (χ1v) is 10.7. The number of hydrogen-bond donors (Lipinski definition) is 1. The number of methoxy groups -OCH3 is 1. The Morgan fingerprint density at radius 1 is 1.19 bits per heavy atom. The molecule has 0 saturated carbocycles. The molecule has 0 bridgehead atoms. The number of imidazole rings is 1. The Bertz CT molecular complexity index is 1100. The first-order chi connectivity index (χ1) is 15.4. The number of nitrogens with zero attached hydrogens (tertiary/aromatic N) is 3. The average Bonchev–Trinajstić information content (AvgIpc) is 3.25. The Kier molecular flexibility index (Phi) is 5.46. The molecule has 1 aromatic carbocycles. The van der Waals surface area contributed by atoms with Crippen LogP contribution in [0.25, 0.3) is 5.65 Å². The lowest BCUT2D eigenvalue weighted by molar-refractivity contribution is -0.140. The van der Waals surface area contributed by atoms with Crippen molar-refractivity contribution in [2.45, 2.75) is 37.2 Å². The van der Waals surface area contributed by atoms with Gasteiger partial charge in [-0.2, -0.15) is 13.2 Å². The summed E-state index contributed by atoms with van der Waals surface area (Å²) < 4.78 is 52.9. The van der Waals surface area contributed by atoms with Crippen LogP contribution in [0.4, 0.5) is 18.9 Å². The summed E-state index contributed by atoms with van der Waals surface area (Å²) in [6, 6.07) is 11.1. The van der Waals surface area contributed by atoms with E-state index in [9.17, 15) is 13.2 Å². The molecule has 5 rings (SSSR count). The minimum absolute atomic E-state index is 0.000143. The molecular weight excluding hydrogens is 421 g/mol. The van der Waals surface area contributed by atoms with E-state index in [1.807, 2.05) is 24.3 Å². The first kappa shape index (κ1) is 21.1. The van der Waals surface area contributed by atoms with Gasteiger partial charge in [0.25, 0.3) is 0 Å². The van der Waals surface area contributed by atoms with Crippen molar-refractivity contribution in [1.82, 2.24) is 14.3 Å². The average molecular weight is 446 g/mol. The Labute approximate surface area is 183 Å². The minimum atomic E-state index is -4.50. The second kappa shape index (κ2) is 8.29. The van der Waals surface area contributed by atoms with Gasteiger partial charge < -0.3 is 19.2 Å². The minimum Gasteiger partial charge on any atom is -0.491 e. The van der Waals surface area contributed by atoms with Gasteiger partial charge in [-0.25, -0.2) is 4.98 Å². The van der Waals surface area contributed by atoms with E-state index in [2.05, 4.69) is 15.2 Å². The van der Waals surface area contributed by atoms with Gasteiger partial charge in [-0.3, -0.25) is 4.90 Å². The van der Waals surface area contributed by atoms with E-state index in [1.165, 1.54) is 4.40 Å². The third kappa shape index (κ3) is 3.91. The number of nitrogens with one attached hydrogen (secondary N) is 1. The fourth-order valence-corrected chi connectivity index (χ4v) is 4.73. The van der Waals surface area contributed by atoms with Gasteiger partial charge in [0.15, 0.2) is 11.3 Å². The van der Waals surface area contributed by atoms with E-state index < -0.39 is 11.9 Å². The van der Waals surface area contributed by atoms with Crippen LogP contribution in [-0.4, -0.2) is 53.2 Å². The third-order valence-corrected chi connectivity index (χ3v) is 6.34. The van der Waals surface area contributed by atoms with Crippen LogP contribution in [-0.2, 0) is 10.9 Å². The van der Waals surface area contributed by atoms with Crippen molar-refractivity contribution in [3.05, 3.63) is 60.0 Å². The summed E-state index contributed by atoms with van der Waals surface area (Å²) in [5, 5.41) is 3.51. The second-order valence-corrected chi connectivity index (χ2v) is 8.31. The summed E-state index contributed by atoms with van der Waals surface area (Å²) in [7, 11) is 1.73. The van der Waals surface area contributed by atoms with E-state index in [0.717, 1.165) is 43.4 Å². The lowest BCUT2D eigenvalue weighted by Gasteiger charge is -2.44. The SMILES string of the molecule is COC1CCCN(C2COc3ccccc3C2Nc2cccn3cc(C(F)(F)F)nc23)C1. The first-order valence-electron chi connectivity index (χ1n) is 10.7. The highest BCUT2D eigenvalue weighted by Crippen LogP contribution is 2.38. The number of hydrogen-bond acceptors (Lipinski definition) is 5. The number of fused-ring (bicyclic) bond motifs is 2. The van der Waals surface area contributed by atoms with E-state index >= 15 is 0 Å². The van der Waals surface area contributed by atoms with Crippen LogP contribution in [0.2, 0.25) is 0 Å². The van der Waals surface area contributed by atoms with Crippen LogP contribution in [0, 0.1) is 0 Å². The highest BCUT2D eigenvalue weighted by molar-refractivity contribution is 5.69. The molecule has 6 nitrogen and oxygen atoms in total. The Morgan fingerprint density at radius 3 is 2.84 bits per heavy atom. The molecule has 170 valence electrons. The topological polar surface area (TPSA) is 51.0 Å². The Balaban J connectivity index is 1.52. The monoisotopic (exact) mass is 446 g/mol. The molecule has 0 radical (unpaired) electrons. The number of rotatable bonds is 4. The predicted molar refractivity (Wildman–Crippen MR) is 114 cm³/mol. The Hall–Kier alpha value is -2.78. The van der Waals surface area contributed by atoms with Crippen molar-refractivity contribution in [3.8, 4) is 5.75 Å². The van der Waals surface area contributed by atoms with E-state index in [0.29, 0.717) is 12.3 Å². The summed E-state index contributed by atoms with van der Waals surface area (Å²) in [6.07, 6.45) is 0.291. The van der Waals surface area contributed by atoms with Gasteiger partial charge in [-0.1, -0.05) is 18.2 Å². The van der Waals surface area contributed by atoms with Gasteiger partial charge in [-0.15, -0.1) is 0 Å². The van der Waals surface area contributed by atoms with E-state index in [4.69, 9.17) is 9.47 Å². The number of alkyl halides is 3. The van der Waals surface area contributed by atoms with Gasteiger partial charge in [0, 0.05) is 31.6 Å². The number of ether oxygens (including phenoxy) is 2. The van der Waals surface area contributed by atoms with Crippen LogP contribution >= 0.6 is 0 Å². The number of benzene rings is 1. The summed E-state index contributed by atoms with van der Waals surface area (Å²) in [4.78, 5) is 6.24. The zero-order chi connectivity index (χ0) is 22.3. The van der Waals surface area contributed by atoms with Gasteiger partial charge >= 0.3 is 6.18 Å². The predicted octanol–water partition coefficient (Wildman–Crippen LogP) is 4.38. The molecular formula is C23H25F3N4O2. The summed E-state index contributed by atoms with van der Waals surface area (Å²) in [5.74, 6) is 0.785. The molecule has 1 N–H and O–H groups in total. The normalized spacial score (nSPS) is 24.2. The van der Waals surface area contributed by atoms with E-state index in [-0.39, 0.29) is 23.8 Å². The quantitative estimate of drug-likeness (QED) is 0.645. The van der Waals surface area contributed by atoms with Crippen LogP contribution < -0.4 is 10.1 Å². The molecule has 4 heterocycles. The van der Waals surface area contributed by atoms with Crippen molar-refractivity contribution in [1.29, 1.82) is 0 Å². The molecule has 0 amide bonds. The van der Waals surface area contributed by atoms with Crippen LogP contribution in [0.5, 0.6) is 5.75 Å². The smallest absolute Gasteiger partial charge is 0.434 e. The number of aromatic nitrogens is 2. The summed E-state index contributed by atoms with van der Waals surface area (Å²) in [5.41, 5.74) is 0.869. The number of pyridine rings is 1. The molecule has 0 aliphatic carbocycles. The molecule has 0 spiro atoms. The number of anilines is 1. The van der Waals surface area contributed by atoms with Gasteiger partial charge in [0.05, 0.1) is 23.9 Å². The number of halogens is 3. The molecule has 3 unspecified atom stereocenters. The van der Waals surface area contributed by atoms with E-state index in [1.54, 1.807) is 25.4 Å². The molecule has 1 fully saturated rings. The molecule has 1 saturated heterocycles. The summed E-state index contributed by atoms with van der Waals surface area (Å²) in [6.45, 7) is 2.19. The summed E-state index contributed by atoms with van der Waals surface area (Å²) >= 11 is 0. The third-order valence-electron chi connectivity index (χ3n) is 6.34. The van der Waals surface area contributed by atoms with Crippen molar-refractivity contribution in [2.24, 2.45) is 0 Å². The molecule has 9 heteroatoms. The van der Waals surface area contributed by atoms with Crippen molar-refractivity contribution in [3.63, 3.8) is 0 Å². The number of para-hydroxylation sites is 1. The highest BCUT2D eigenvalue weighted by atomic mass is 19.4. The zero-order valence-electron chi connectivity index (χ0n) is 17.7. The number of piperidine rings is 1. The fraction of sp³-hybridized carbons (Fsp3) is 0.435. The fourth-order valence-electron chi connectivity index (χ4n) is 4.73. The highest BCUT2D eigenvalue weighted by Gasteiger charge is 2.38. The maximum atomic E-state index is 13.3. The molecule has 32 heavy (non-hydrogen) atoms. The molecule has 3 aromatic rings. The van der Waals surface area contributed by atoms with Crippen molar-refractivity contribution in [2.75, 3.05) is 32.1 Å². The zero-order valence-corrected chi connectivity index (χ0v) is 17.7. The lowest BCUT2D eigenvalue weighted by atomic mass is 9.93. The maximum Gasteiger partial charge on any atom is 0.434 e. The molecule has 3 atom stereocenters. The van der Waals surface area contributed by atoms with Crippen LogP contribution in [0.3, 0.4) is 0 Å². The van der Waals surface area contributed by atoms with Gasteiger partial charge in [-0.05, 0) is 37.6 Å². The molecule has 2 aromatic heterocycles. The molecule has 2 aliphatic rings. The molecule has 2 aliphatic heterocycles. The van der Waals surface area contributed by atoms with Crippen LogP contribution in [0.15, 0.2) is 48.8 Å². The van der Waals surface area contributed by atoms with Crippen LogP contribution in [0.1, 0.15) is 30.1 Å². The maximum absolute atomic E-state index is 13.3. The largest absolute Gasteiger partial charge is 0.491 e. The van der Waals surface area contributed by atoms with Crippen molar-refractivity contribution < 1.29 is 22.6 Å². The standard InChI is InChI=1S/C23H25F3N4O2/c1-31-15-6-4-10-29(12-15)18-14-32-19-9-3-2-7-16(19)21(18)27-17-8-5-11-30-13-20(23(24,25)26)28-22(17)30/h2-3,5,7-9,11,13,15,18,21,27H,4,6,10,12,14H2,1H3. The van der Waals surface area contributed by atoms with Gasteiger partial charge in [0.1, 0.15) is 12.4 Å². The van der Waals surface area contributed by atoms with Crippen molar-refractivity contribution >= 4 is 11.3 Å². The van der Waals surface area contributed by atoms with Gasteiger partial charge in [0.2, 0.25) is 0 Å². The Morgan fingerprint density at radius 2 is 2.03 bits per heavy atom. The second-order valence-electron chi connectivity index (χ2n) is 8.31. The number of likely N-dealkylation sites (tertiary alicyclic amines) is 1. The lowest BCUT2D eigenvalue weighted by Crippen LogP contribution is -2.53.